The van der Waals surface area contributed by atoms with Gasteiger partial charge in [0.1, 0.15) is 0 Å². The van der Waals surface area contributed by atoms with Crippen LogP contribution in [0.2, 0.25) is 0 Å². The summed E-state index contributed by atoms with van der Waals surface area (Å²) in [4.78, 5) is 0. The van der Waals surface area contributed by atoms with Crippen molar-refractivity contribution in [2.45, 2.75) is 18.5 Å². The maximum absolute atomic E-state index is 9.68. The Morgan fingerprint density at radius 2 is 1.75 bits per heavy atom. The lowest BCUT2D eigenvalue weighted by Gasteiger charge is -2.37. The van der Waals surface area contributed by atoms with Crippen molar-refractivity contribution in [3.63, 3.8) is 0 Å². The second-order valence-electron chi connectivity index (χ2n) is 6.12. The highest BCUT2D eigenvalue weighted by Gasteiger charge is 2.61. The molecule has 4 rings (SSSR count). The van der Waals surface area contributed by atoms with Crippen LogP contribution in [0.5, 0.6) is 0 Å². The van der Waals surface area contributed by atoms with Crippen LogP contribution >= 0.6 is 0 Å². The Hall–Kier alpha value is -1.46. The van der Waals surface area contributed by atoms with E-state index in [1.165, 1.54) is 0 Å². The summed E-state index contributed by atoms with van der Waals surface area (Å²) in [6.45, 7) is 0.300. The van der Waals surface area contributed by atoms with E-state index in [1.54, 1.807) is 0 Å². The van der Waals surface area contributed by atoms with Gasteiger partial charge in [-0.25, -0.2) is 5.01 Å². The summed E-state index contributed by atoms with van der Waals surface area (Å²) >= 11 is 0. The Morgan fingerprint density at radius 3 is 2.45 bits per heavy atom. The third-order valence-corrected chi connectivity index (χ3v) is 5.43. The van der Waals surface area contributed by atoms with Gasteiger partial charge in [-0.1, -0.05) is 23.4 Å². The van der Waals surface area contributed by atoms with Crippen molar-refractivity contribution >= 4 is 5.69 Å². The molecule has 0 amide bonds. The van der Waals surface area contributed by atoms with E-state index in [0.29, 0.717) is 11.8 Å². The summed E-state index contributed by atoms with van der Waals surface area (Å²) < 4.78 is 0. The van der Waals surface area contributed by atoms with Crippen molar-refractivity contribution in [3.05, 3.63) is 30.3 Å². The van der Waals surface area contributed by atoms with Gasteiger partial charge in [-0.2, -0.15) is 5.11 Å². The monoisotopic (exact) mass is 273 g/mol. The Balaban J connectivity index is 1.66. The molecule has 2 aliphatic carbocycles. The minimum absolute atomic E-state index is 0.149. The second-order valence-corrected chi connectivity index (χ2v) is 6.12. The first-order chi connectivity index (χ1) is 9.85. The van der Waals surface area contributed by atoms with E-state index < -0.39 is 0 Å². The average molecular weight is 273 g/mol. The molecule has 1 aromatic rings. The quantitative estimate of drug-likeness (QED) is 0.876. The number of hydrogen-bond acceptors (Lipinski definition) is 5. The van der Waals surface area contributed by atoms with E-state index in [1.807, 2.05) is 35.3 Å². The Labute approximate surface area is 117 Å². The lowest BCUT2D eigenvalue weighted by Crippen LogP contribution is -2.48. The van der Waals surface area contributed by atoms with Gasteiger partial charge >= 0.3 is 0 Å². The molecule has 0 radical (unpaired) electrons. The Morgan fingerprint density at radius 1 is 1.05 bits per heavy atom. The molecule has 2 saturated carbocycles. The molecule has 2 bridgehead atoms. The van der Waals surface area contributed by atoms with E-state index in [0.717, 1.165) is 12.1 Å². The minimum Gasteiger partial charge on any atom is -0.396 e. The summed E-state index contributed by atoms with van der Waals surface area (Å²) in [5.41, 5.74) is 1.06. The van der Waals surface area contributed by atoms with Crippen LogP contribution in [-0.2, 0) is 0 Å². The highest BCUT2D eigenvalue weighted by molar-refractivity contribution is 5.48. The van der Waals surface area contributed by atoms with Crippen molar-refractivity contribution in [3.8, 4) is 0 Å². The van der Waals surface area contributed by atoms with Crippen LogP contribution < -0.4 is 5.01 Å². The number of nitrogens with zero attached hydrogens (tertiary/aromatic N) is 3. The van der Waals surface area contributed by atoms with E-state index in [2.05, 4.69) is 10.3 Å². The Bertz CT molecular complexity index is 521. The SMILES string of the molecule is OC[C@@H]1[C@H](CO)[C@H]2C[C@H]1[C@@H]1N=NN(c3ccccc3)[C@H]21. The molecule has 1 aromatic carbocycles. The van der Waals surface area contributed by atoms with Gasteiger partial charge in [0.2, 0.25) is 0 Å². The average Bonchev–Trinajstić information content (AvgIpc) is 3.17. The number of fused-ring (bicyclic) bond motifs is 5. The number of aliphatic hydroxyl groups is 2. The fourth-order valence-corrected chi connectivity index (χ4v) is 4.59. The zero-order chi connectivity index (χ0) is 13.7. The number of hydrogen-bond donors (Lipinski definition) is 2. The number of para-hydroxylation sites is 1. The molecular formula is C15H19N3O2. The molecule has 0 unspecified atom stereocenters. The first-order valence-corrected chi connectivity index (χ1v) is 7.32. The molecule has 106 valence electrons. The van der Waals surface area contributed by atoms with Crippen LogP contribution in [0, 0.1) is 23.7 Å². The molecule has 20 heavy (non-hydrogen) atoms. The van der Waals surface area contributed by atoms with E-state index in [4.69, 9.17) is 0 Å². The largest absolute Gasteiger partial charge is 0.396 e. The second kappa shape index (κ2) is 4.53. The third-order valence-electron chi connectivity index (χ3n) is 5.43. The molecule has 0 spiro atoms. The fraction of sp³-hybridized carbons (Fsp3) is 0.600. The topological polar surface area (TPSA) is 68.4 Å². The van der Waals surface area contributed by atoms with Crippen molar-refractivity contribution in [1.82, 2.24) is 0 Å². The molecule has 3 aliphatic rings. The molecule has 1 aliphatic heterocycles. The number of anilines is 1. The lowest BCUT2D eigenvalue weighted by atomic mass is 9.75. The predicted molar refractivity (Wildman–Crippen MR) is 74.1 cm³/mol. The number of aliphatic hydroxyl groups excluding tert-OH is 2. The smallest absolute Gasteiger partial charge is 0.0988 e. The van der Waals surface area contributed by atoms with Gasteiger partial charge in [-0.3, -0.25) is 0 Å². The van der Waals surface area contributed by atoms with Crippen LogP contribution in [0.25, 0.3) is 0 Å². The number of rotatable bonds is 3. The zero-order valence-electron chi connectivity index (χ0n) is 11.2. The first kappa shape index (κ1) is 12.3. The Kier molecular flexibility index (Phi) is 2.79. The molecule has 0 aromatic heterocycles. The molecule has 1 heterocycles. The maximum Gasteiger partial charge on any atom is 0.0988 e. The van der Waals surface area contributed by atoms with Crippen molar-refractivity contribution in [1.29, 1.82) is 0 Å². The normalized spacial score (nSPS) is 41.4. The van der Waals surface area contributed by atoms with Crippen LogP contribution in [0.4, 0.5) is 5.69 Å². The molecule has 6 atom stereocenters. The summed E-state index contributed by atoms with van der Waals surface area (Å²) in [5.74, 6) is 1.11. The lowest BCUT2D eigenvalue weighted by molar-refractivity contribution is 0.0660. The van der Waals surface area contributed by atoms with Gasteiger partial charge in [0.25, 0.3) is 0 Å². The fourth-order valence-electron chi connectivity index (χ4n) is 4.59. The highest BCUT2D eigenvalue weighted by Crippen LogP contribution is 2.57. The van der Waals surface area contributed by atoms with Crippen molar-refractivity contribution < 1.29 is 10.2 Å². The molecule has 2 fully saturated rings. The summed E-state index contributed by atoms with van der Waals surface area (Å²) in [6, 6.07) is 10.5. The molecular weight excluding hydrogens is 254 g/mol. The van der Waals surface area contributed by atoms with Gasteiger partial charge < -0.3 is 10.2 Å². The van der Waals surface area contributed by atoms with Crippen molar-refractivity contribution in [2.24, 2.45) is 34.0 Å². The van der Waals surface area contributed by atoms with Crippen LogP contribution in [0.3, 0.4) is 0 Å². The summed E-state index contributed by atoms with van der Waals surface area (Å²) in [7, 11) is 0. The number of benzene rings is 1. The predicted octanol–water partition coefficient (Wildman–Crippen LogP) is 1.48. The van der Waals surface area contributed by atoms with Gasteiger partial charge in [0.05, 0.1) is 17.8 Å². The van der Waals surface area contributed by atoms with Crippen molar-refractivity contribution in [2.75, 3.05) is 18.2 Å². The first-order valence-electron chi connectivity index (χ1n) is 7.32. The minimum atomic E-state index is 0.149. The van der Waals surface area contributed by atoms with E-state index >= 15 is 0 Å². The van der Waals surface area contributed by atoms with Gasteiger partial charge in [-0.15, -0.1) is 0 Å². The van der Waals surface area contributed by atoms with E-state index in [-0.39, 0.29) is 37.1 Å². The van der Waals surface area contributed by atoms with Crippen LogP contribution in [0.15, 0.2) is 40.7 Å². The zero-order valence-corrected chi connectivity index (χ0v) is 11.2. The standard InChI is InChI=1S/C15H19N3O2/c19-7-12-10-6-11(13(12)8-20)15-14(10)16-17-18(15)9-4-2-1-3-5-9/h1-5,10-15,19-20H,6-8H2/t10-,11-,12+,13-,14+,15-/m1/s1. The molecule has 5 heteroatoms. The van der Waals surface area contributed by atoms with E-state index in [9.17, 15) is 10.2 Å². The molecule has 5 nitrogen and oxygen atoms in total. The molecule has 0 saturated heterocycles. The summed E-state index contributed by atoms with van der Waals surface area (Å²) in [6.07, 6.45) is 1.05. The maximum atomic E-state index is 9.68. The van der Waals surface area contributed by atoms with Gasteiger partial charge in [0, 0.05) is 13.2 Å². The van der Waals surface area contributed by atoms with Crippen LogP contribution in [0.1, 0.15) is 6.42 Å². The van der Waals surface area contributed by atoms with Crippen LogP contribution in [-0.4, -0.2) is 35.5 Å². The summed E-state index contributed by atoms with van der Waals surface area (Å²) in [5, 5.41) is 30.1. The highest BCUT2D eigenvalue weighted by atomic mass is 16.3. The third kappa shape index (κ3) is 1.50. The van der Waals surface area contributed by atoms with Gasteiger partial charge in [-0.05, 0) is 42.2 Å². The van der Waals surface area contributed by atoms with Gasteiger partial charge in [0.15, 0.2) is 0 Å². The molecule has 2 N–H and O–H groups in total.